The molecule has 1 fully saturated rings. The number of hydrogen-bond acceptors (Lipinski definition) is 3. The Bertz CT molecular complexity index is 450. The van der Waals surface area contributed by atoms with Gasteiger partial charge in [-0.25, -0.2) is 0 Å². The van der Waals surface area contributed by atoms with E-state index >= 15 is 0 Å². The van der Waals surface area contributed by atoms with Gasteiger partial charge in [0.25, 0.3) is 0 Å². The van der Waals surface area contributed by atoms with Gasteiger partial charge in [-0.3, -0.25) is 0 Å². The van der Waals surface area contributed by atoms with Gasteiger partial charge in [-0.1, -0.05) is 6.07 Å². The molecule has 2 unspecified atom stereocenters. The Morgan fingerprint density at radius 3 is 2.82 bits per heavy atom. The molecule has 0 N–H and O–H groups in total. The van der Waals surface area contributed by atoms with Gasteiger partial charge in [0, 0.05) is 12.6 Å². The van der Waals surface area contributed by atoms with E-state index in [1.54, 1.807) is 7.11 Å². The Labute approximate surface area is 103 Å². The molecule has 0 saturated carbocycles. The van der Waals surface area contributed by atoms with Crippen LogP contribution in [0.3, 0.4) is 0 Å². The Hall–Kier alpha value is -1.69. The highest BCUT2D eigenvalue weighted by Crippen LogP contribution is 2.36. The van der Waals surface area contributed by atoms with Crippen molar-refractivity contribution >= 4 is 5.69 Å². The normalized spacial score (nSPS) is 23.5. The van der Waals surface area contributed by atoms with Crippen molar-refractivity contribution < 1.29 is 4.74 Å². The van der Waals surface area contributed by atoms with Crippen molar-refractivity contribution in [3.63, 3.8) is 0 Å². The molecular formula is C14H18N2O. The lowest BCUT2D eigenvalue weighted by Gasteiger charge is -2.26. The number of rotatable bonds is 2. The second-order valence-corrected chi connectivity index (χ2v) is 4.63. The molecule has 0 aliphatic carbocycles. The number of ether oxygens (including phenoxy) is 1. The van der Waals surface area contributed by atoms with Gasteiger partial charge in [-0.05, 0) is 38.0 Å². The van der Waals surface area contributed by atoms with Crippen molar-refractivity contribution in [2.75, 3.05) is 18.6 Å². The minimum Gasteiger partial charge on any atom is -0.495 e. The number of benzene rings is 1. The maximum atomic E-state index is 9.07. The summed E-state index contributed by atoms with van der Waals surface area (Å²) < 4.78 is 5.41. The van der Waals surface area contributed by atoms with Crippen molar-refractivity contribution in [3.8, 4) is 11.8 Å². The van der Waals surface area contributed by atoms with Gasteiger partial charge in [0.1, 0.15) is 5.75 Å². The summed E-state index contributed by atoms with van der Waals surface area (Å²) in [5.41, 5.74) is 2.33. The monoisotopic (exact) mass is 230 g/mol. The molecule has 1 aliphatic rings. The summed E-state index contributed by atoms with van der Waals surface area (Å²) in [4.78, 5) is 2.28. The van der Waals surface area contributed by atoms with E-state index in [0.717, 1.165) is 24.4 Å². The quantitative estimate of drug-likeness (QED) is 0.783. The molecule has 2 atom stereocenters. The largest absolute Gasteiger partial charge is 0.495 e. The molecular weight excluding hydrogens is 212 g/mol. The van der Waals surface area contributed by atoms with Gasteiger partial charge in [0.2, 0.25) is 0 Å². The summed E-state index contributed by atoms with van der Waals surface area (Å²) in [6, 6.07) is 8.82. The number of aryl methyl sites for hydroxylation is 1. The maximum absolute atomic E-state index is 9.07. The van der Waals surface area contributed by atoms with Crippen LogP contribution in [0.1, 0.15) is 18.9 Å². The molecule has 0 radical (unpaired) electrons. The van der Waals surface area contributed by atoms with Gasteiger partial charge in [0.15, 0.2) is 0 Å². The number of anilines is 1. The molecule has 2 rings (SSSR count). The van der Waals surface area contributed by atoms with Crippen molar-refractivity contribution in [3.05, 3.63) is 23.8 Å². The topological polar surface area (TPSA) is 36.3 Å². The molecule has 3 nitrogen and oxygen atoms in total. The lowest BCUT2D eigenvalue weighted by atomic mass is 10.0. The van der Waals surface area contributed by atoms with E-state index in [4.69, 9.17) is 10.00 Å². The maximum Gasteiger partial charge on any atom is 0.142 e. The minimum absolute atomic E-state index is 0.125. The fourth-order valence-electron chi connectivity index (χ4n) is 2.48. The molecule has 1 aromatic rings. The molecule has 0 aromatic heterocycles. The third-order valence-corrected chi connectivity index (χ3v) is 3.56. The highest BCUT2D eigenvalue weighted by Gasteiger charge is 2.32. The lowest BCUT2D eigenvalue weighted by Crippen LogP contribution is -2.29. The van der Waals surface area contributed by atoms with Crippen LogP contribution < -0.4 is 9.64 Å². The predicted octanol–water partition coefficient (Wildman–Crippen LogP) is 2.74. The summed E-state index contributed by atoms with van der Waals surface area (Å²) in [6.45, 7) is 5.12. The van der Waals surface area contributed by atoms with E-state index in [0.29, 0.717) is 0 Å². The SMILES string of the molecule is COc1ccc(C)cc1N1CCC(C#N)C1C. The smallest absolute Gasteiger partial charge is 0.142 e. The fourth-order valence-corrected chi connectivity index (χ4v) is 2.48. The zero-order valence-corrected chi connectivity index (χ0v) is 10.6. The van der Waals surface area contributed by atoms with Crippen molar-refractivity contribution in [2.24, 2.45) is 5.92 Å². The highest BCUT2D eigenvalue weighted by molar-refractivity contribution is 5.61. The van der Waals surface area contributed by atoms with E-state index in [1.165, 1.54) is 5.56 Å². The van der Waals surface area contributed by atoms with Crippen molar-refractivity contribution in [1.29, 1.82) is 5.26 Å². The molecule has 0 amide bonds. The Kier molecular flexibility index (Phi) is 3.23. The van der Waals surface area contributed by atoms with Crippen LogP contribution in [0.15, 0.2) is 18.2 Å². The average Bonchev–Trinajstić information content (AvgIpc) is 2.70. The van der Waals surface area contributed by atoms with Gasteiger partial charge in [0.05, 0.1) is 24.8 Å². The molecule has 1 aliphatic heterocycles. The van der Waals surface area contributed by atoms with Gasteiger partial charge >= 0.3 is 0 Å². The number of methoxy groups -OCH3 is 1. The standard InChI is InChI=1S/C14H18N2O/c1-10-4-5-14(17-3)13(8-10)16-7-6-12(9-15)11(16)2/h4-5,8,11-12H,6-7H2,1-3H3. The zero-order chi connectivity index (χ0) is 12.4. The average molecular weight is 230 g/mol. The first-order valence-corrected chi connectivity index (χ1v) is 5.98. The van der Waals surface area contributed by atoms with Gasteiger partial charge in [-0.2, -0.15) is 5.26 Å². The first-order chi connectivity index (χ1) is 8.17. The zero-order valence-electron chi connectivity index (χ0n) is 10.6. The predicted molar refractivity (Wildman–Crippen MR) is 68.3 cm³/mol. The van der Waals surface area contributed by atoms with E-state index in [-0.39, 0.29) is 12.0 Å². The first-order valence-electron chi connectivity index (χ1n) is 5.98. The third-order valence-electron chi connectivity index (χ3n) is 3.56. The summed E-state index contributed by atoms with van der Waals surface area (Å²) in [5, 5.41) is 9.07. The van der Waals surface area contributed by atoms with Gasteiger partial charge < -0.3 is 9.64 Å². The van der Waals surface area contributed by atoms with E-state index in [1.807, 2.05) is 12.1 Å². The molecule has 3 heteroatoms. The fraction of sp³-hybridized carbons (Fsp3) is 0.500. The van der Waals surface area contributed by atoms with Crippen LogP contribution in [-0.2, 0) is 0 Å². The molecule has 90 valence electrons. The van der Waals surface area contributed by atoms with Crippen LogP contribution in [0.5, 0.6) is 5.75 Å². The van der Waals surface area contributed by atoms with Crippen molar-refractivity contribution in [1.82, 2.24) is 0 Å². The molecule has 1 heterocycles. The summed E-state index contributed by atoms with van der Waals surface area (Å²) in [6.07, 6.45) is 0.939. The molecule has 1 saturated heterocycles. The van der Waals surface area contributed by atoms with E-state index < -0.39 is 0 Å². The number of nitriles is 1. The summed E-state index contributed by atoms with van der Waals surface area (Å²) in [5.74, 6) is 1.02. The Balaban J connectivity index is 2.35. The van der Waals surface area contributed by atoms with Crippen LogP contribution in [-0.4, -0.2) is 19.7 Å². The third kappa shape index (κ3) is 2.08. The summed E-state index contributed by atoms with van der Waals surface area (Å²) >= 11 is 0. The Morgan fingerprint density at radius 1 is 1.47 bits per heavy atom. The van der Waals surface area contributed by atoms with Crippen LogP contribution in [0, 0.1) is 24.2 Å². The molecule has 0 spiro atoms. The minimum atomic E-state index is 0.125. The second kappa shape index (κ2) is 4.67. The van der Waals surface area contributed by atoms with E-state index in [2.05, 4.69) is 30.9 Å². The highest BCUT2D eigenvalue weighted by atomic mass is 16.5. The molecule has 1 aromatic carbocycles. The number of nitrogens with zero attached hydrogens (tertiary/aromatic N) is 2. The van der Waals surface area contributed by atoms with Crippen molar-refractivity contribution in [2.45, 2.75) is 26.3 Å². The van der Waals surface area contributed by atoms with Crippen LogP contribution in [0.4, 0.5) is 5.69 Å². The van der Waals surface area contributed by atoms with Crippen LogP contribution >= 0.6 is 0 Å². The summed E-state index contributed by atoms with van der Waals surface area (Å²) in [7, 11) is 1.69. The van der Waals surface area contributed by atoms with Crippen LogP contribution in [0.2, 0.25) is 0 Å². The lowest BCUT2D eigenvalue weighted by molar-refractivity contribution is 0.413. The second-order valence-electron chi connectivity index (χ2n) is 4.63. The van der Waals surface area contributed by atoms with E-state index in [9.17, 15) is 0 Å². The first kappa shape index (κ1) is 11.8. The molecule has 17 heavy (non-hydrogen) atoms. The Morgan fingerprint density at radius 2 is 2.24 bits per heavy atom. The molecule has 0 bridgehead atoms. The van der Waals surface area contributed by atoms with Gasteiger partial charge in [-0.15, -0.1) is 0 Å². The van der Waals surface area contributed by atoms with Crippen LogP contribution in [0.25, 0.3) is 0 Å². The number of hydrogen-bond donors (Lipinski definition) is 0.